The second-order valence-electron chi connectivity index (χ2n) is 11.3. The normalized spacial score (nSPS) is 19.9. The molecule has 0 bridgehead atoms. The number of rotatable bonds is 10. The van der Waals surface area contributed by atoms with Crippen LogP contribution in [0, 0.1) is 4.64 Å². The molecule has 1 aliphatic heterocycles. The molecule has 12 nitrogen and oxygen atoms in total. The smallest absolute Gasteiger partial charge is 0.235 e. The molecule has 13 heteroatoms. The molecule has 3 aromatic carbocycles. The lowest BCUT2D eigenvalue weighted by Gasteiger charge is -2.37. The SMILES string of the molecule is COc1ccc(C(OC[C@H]2O[C@@H](n3cnc4c(=S)n5ncn(C)c5nc43)[C@H](OC)[C@@H]2O)(c2ccccc2)c2ccc(OC)cc2)cc1. The molecule has 4 heterocycles. The molecule has 0 unspecified atom stereocenters. The van der Waals surface area contributed by atoms with E-state index in [0.717, 1.165) is 28.2 Å². The van der Waals surface area contributed by atoms with Crippen LogP contribution in [-0.4, -0.2) is 80.1 Å². The van der Waals surface area contributed by atoms with Crippen molar-refractivity contribution < 1.29 is 28.8 Å². The Labute approximate surface area is 275 Å². The van der Waals surface area contributed by atoms with Gasteiger partial charge in [0, 0.05) is 14.2 Å². The van der Waals surface area contributed by atoms with Gasteiger partial charge in [0.2, 0.25) is 5.78 Å². The van der Waals surface area contributed by atoms with E-state index in [1.54, 1.807) is 40.5 Å². The molecule has 0 aliphatic carbocycles. The number of methoxy groups -OCH3 is 3. The van der Waals surface area contributed by atoms with Crippen molar-refractivity contribution in [1.82, 2.24) is 28.7 Å². The number of aliphatic hydroxyl groups is 1. The van der Waals surface area contributed by atoms with Crippen LogP contribution in [-0.2, 0) is 26.9 Å². The standard InChI is InChI=1S/C34H34N6O6S/c1-38-20-36-40-32(47)27-30(37-33(38)40)39(19-35-27)31-29(44-4)28(41)26(46-31)18-45-34(21-8-6-5-7-9-21,22-10-14-24(42-2)15-11-22)23-12-16-25(43-3)17-13-23/h5-17,19-20,26,28-29,31,41H,18H2,1-4H3/t26-,28-,29-,31-/m1/s1. The minimum Gasteiger partial charge on any atom is -0.497 e. The molecule has 3 aromatic heterocycles. The molecule has 0 saturated carbocycles. The first kappa shape index (κ1) is 31.0. The second kappa shape index (κ2) is 12.5. The highest BCUT2D eigenvalue weighted by atomic mass is 32.1. The van der Waals surface area contributed by atoms with E-state index in [-0.39, 0.29) is 6.61 Å². The minimum absolute atomic E-state index is 0.0126. The minimum atomic E-state index is -1.09. The summed E-state index contributed by atoms with van der Waals surface area (Å²) in [5, 5.41) is 15.9. The molecule has 0 radical (unpaired) electrons. The van der Waals surface area contributed by atoms with Gasteiger partial charge >= 0.3 is 0 Å². The fourth-order valence-electron chi connectivity index (χ4n) is 6.27. The van der Waals surface area contributed by atoms with Gasteiger partial charge in [-0.15, -0.1) is 0 Å². The highest BCUT2D eigenvalue weighted by Gasteiger charge is 2.48. The predicted octanol–water partition coefficient (Wildman–Crippen LogP) is 4.45. The Balaban J connectivity index is 1.28. The highest BCUT2D eigenvalue weighted by molar-refractivity contribution is 7.71. The van der Waals surface area contributed by atoms with Crippen LogP contribution in [0.25, 0.3) is 16.9 Å². The highest BCUT2D eigenvalue weighted by Crippen LogP contribution is 2.43. The summed E-state index contributed by atoms with van der Waals surface area (Å²) in [7, 11) is 6.64. The van der Waals surface area contributed by atoms with Gasteiger partial charge in [0.25, 0.3) is 0 Å². The van der Waals surface area contributed by atoms with E-state index in [2.05, 4.69) is 10.1 Å². The van der Waals surface area contributed by atoms with Gasteiger partial charge in [-0.05, 0) is 41.0 Å². The molecule has 7 rings (SSSR count). The average Bonchev–Trinajstić information content (AvgIpc) is 3.81. The maximum atomic E-state index is 11.6. The number of aromatic nitrogens is 6. The number of fused-ring (bicyclic) bond motifs is 2. The second-order valence-corrected chi connectivity index (χ2v) is 11.7. The zero-order valence-corrected chi connectivity index (χ0v) is 27.1. The third kappa shape index (κ3) is 5.16. The molecule has 1 fully saturated rings. The van der Waals surface area contributed by atoms with E-state index in [1.165, 1.54) is 7.11 Å². The zero-order chi connectivity index (χ0) is 32.7. The largest absolute Gasteiger partial charge is 0.497 e. The maximum absolute atomic E-state index is 11.6. The third-order valence-corrected chi connectivity index (χ3v) is 9.08. The number of hydrogen-bond donors (Lipinski definition) is 1. The summed E-state index contributed by atoms with van der Waals surface area (Å²) in [6, 6.07) is 25.5. The topological polar surface area (TPSA) is 119 Å². The van der Waals surface area contributed by atoms with Crippen molar-refractivity contribution in [3.8, 4) is 11.5 Å². The van der Waals surface area contributed by atoms with Gasteiger partial charge in [-0.1, -0.05) is 66.8 Å². The van der Waals surface area contributed by atoms with Crippen LogP contribution in [0.1, 0.15) is 22.9 Å². The summed E-state index contributed by atoms with van der Waals surface area (Å²) < 4.78 is 35.8. The van der Waals surface area contributed by atoms with E-state index < -0.39 is 30.1 Å². The van der Waals surface area contributed by atoms with Gasteiger partial charge in [-0.2, -0.15) is 14.6 Å². The van der Waals surface area contributed by atoms with Crippen molar-refractivity contribution in [3.05, 3.63) is 113 Å². The summed E-state index contributed by atoms with van der Waals surface area (Å²) in [5.74, 6) is 1.98. The Morgan fingerprint density at radius 1 is 0.872 bits per heavy atom. The van der Waals surface area contributed by atoms with Crippen molar-refractivity contribution in [2.45, 2.75) is 30.1 Å². The number of aryl methyl sites for hydroxylation is 1. The van der Waals surface area contributed by atoms with Crippen molar-refractivity contribution >= 4 is 29.2 Å². The number of benzene rings is 3. The molecule has 6 aromatic rings. The van der Waals surface area contributed by atoms with Gasteiger partial charge in [0.05, 0.1) is 27.2 Å². The van der Waals surface area contributed by atoms with Crippen molar-refractivity contribution in [2.24, 2.45) is 7.05 Å². The molecule has 0 amide bonds. The molecule has 4 atom stereocenters. The summed E-state index contributed by atoms with van der Waals surface area (Å²) in [6.07, 6.45) is -0.103. The van der Waals surface area contributed by atoms with Crippen molar-refractivity contribution in [1.29, 1.82) is 0 Å². The van der Waals surface area contributed by atoms with E-state index in [1.807, 2.05) is 85.9 Å². The number of nitrogens with zero attached hydrogens (tertiary/aromatic N) is 6. The first-order chi connectivity index (χ1) is 22.9. The average molecular weight is 655 g/mol. The Morgan fingerprint density at radius 2 is 1.49 bits per heavy atom. The molecule has 242 valence electrons. The lowest BCUT2D eigenvalue weighted by molar-refractivity contribution is -0.0948. The number of imidazole rings is 1. The predicted molar refractivity (Wildman–Crippen MR) is 175 cm³/mol. The van der Waals surface area contributed by atoms with Crippen LogP contribution >= 0.6 is 12.2 Å². The molecule has 47 heavy (non-hydrogen) atoms. The molecule has 1 aliphatic rings. The van der Waals surface area contributed by atoms with Gasteiger partial charge in [0.15, 0.2) is 16.5 Å². The Morgan fingerprint density at radius 3 is 2.09 bits per heavy atom. The quantitative estimate of drug-likeness (QED) is 0.168. The van der Waals surface area contributed by atoms with E-state index >= 15 is 0 Å². The molecular formula is C34H34N6O6S. The number of ether oxygens (including phenoxy) is 5. The lowest BCUT2D eigenvalue weighted by atomic mass is 9.80. The molecule has 1 saturated heterocycles. The first-order valence-corrected chi connectivity index (χ1v) is 15.4. The molecule has 0 spiro atoms. The Kier molecular flexibility index (Phi) is 8.24. The van der Waals surface area contributed by atoms with Gasteiger partial charge in [-0.3, -0.25) is 4.57 Å². The van der Waals surface area contributed by atoms with E-state index in [9.17, 15) is 5.11 Å². The lowest BCUT2D eigenvalue weighted by Crippen LogP contribution is -2.40. The van der Waals surface area contributed by atoms with Crippen molar-refractivity contribution in [2.75, 3.05) is 27.9 Å². The van der Waals surface area contributed by atoms with Crippen LogP contribution < -0.4 is 9.47 Å². The maximum Gasteiger partial charge on any atom is 0.235 e. The Hall–Kier alpha value is -4.66. The van der Waals surface area contributed by atoms with Crippen LogP contribution in [0.15, 0.2) is 91.5 Å². The van der Waals surface area contributed by atoms with Crippen LogP contribution in [0.5, 0.6) is 11.5 Å². The summed E-state index contributed by atoms with van der Waals surface area (Å²) in [6.45, 7) is 0.0126. The third-order valence-electron chi connectivity index (χ3n) is 8.71. The fraction of sp³-hybridized carbons (Fsp3) is 0.294. The van der Waals surface area contributed by atoms with Crippen molar-refractivity contribution in [3.63, 3.8) is 0 Å². The van der Waals surface area contributed by atoms with Crippen LogP contribution in [0.3, 0.4) is 0 Å². The Bertz CT molecular complexity index is 2010. The van der Waals surface area contributed by atoms with Gasteiger partial charge < -0.3 is 33.4 Å². The molecular weight excluding hydrogens is 620 g/mol. The van der Waals surface area contributed by atoms with Gasteiger partial charge in [-0.25, -0.2) is 4.98 Å². The summed E-state index contributed by atoms with van der Waals surface area (Å²) in [4.78, 5) is 9.31. The van der Waals surface area contributed by atoms with E-state index in [4.69, 9.17) is 40.9 Å². The number of hydrogen-bond acceptors (Lipinski definition) is 10. The van der Waals surface area contributed by atoms with Crippen LogP contribution in [0.4, 0.5) is 0 Å². The first-order valence-electron chi connectivity index (χ1n) is 15.0. The van der Waals surface area contributed by atoms with Crippen LogP contribution in [0.2, 0.25) is 0 Å². The van der Waals surface area contributed by atoms with Gasteiger partial charge in [0.1, 0.15) is 47.3 Å². The summed E-state index contributed by atoms with van der Waals surface area (Å²) in [5.41, 5.74) is 2.51. The fourth-order valence-corrected chi connectivity index (χ4v) is 6.54. The van der Waals surface area contributed by atoms with E-state index in [0.29, 0.717) is 21.6 Å². The zero-order valence-electron chi connectivity index (χ0n) is 26.3. The molecule has 1 N–H and O–H groups in total. The number of aliphatic hydroxyl groups excluding tert-OH is 1. The summed E-state index contributed by atoms with van der Waals surface area (Å²) >= 11 is 5.67. The monoisotopic (exact) mass is 654 g/mol.